The monoisotopic (exact) mass is 297 g/mol. The molecule has 3 rings (SSSR count). The van der Waals surface area contributed by atoms with Gasteiger partial charge in [-0.05, 0) is 38.2 Å². The number of nitrogens with zero attached hydrogens (tertiary/aromatic N) is 2. The van der Waals surface area contributed by atoms with Crippen molar-refractivity contribution in [2.75, 3.05) is 13.1 Å². The molecule has 1 aliphatic heterocycles. The maximum absolute atomic E-state index is 12.4. The van der Waals surface area contributed by atoms with Gasteiger partial charge in [-0.25, -0.2) is 4.79 Å². The molecule has 22 heavy (non-hydrogen) atoms. The molecule has 0 spiro atoms. The van der Waals surface area contributed by atoms with Crippen LogP contribution < -0.4 is 5.32 Å². The predicted molar refractivity (Wildman–Crippen MR) is 85.4 cm³/mol. The molecule has 3 atom stereocenters. The summed E-state index contributed by atoms with van der Waals surface area (Å²) in [6, 6.07) is 11.1. The summed E-state index contributed by atoms with van der Waals surface area (Å²) in [6.45, 7) is 3.72. The maximum atomic E-state index is 12.4. The molecule has 1 N–H and O–H groups in total. The van der Waals surface area contributed by atoms with Gasteiger partial charge < -0.3 is 10.2 Å². The minimum absolute atomic E-state index is 0.0405. The fourth-order valence-corrected chi connectivity index (χ4v) is 3.64. The number of rotatable bonds is 2. The van der Waals surface area contributed by atoms with Crippen molar-refractivity contribution in [3.63, 3.8) is 0 Å². The van der Waals surface area contributed by atoms with E-state index >= 15 is 0 Å². The smallest absolute Gasteiger partial charge is 0.317 e. The number of likely N-dealkylation sites (tertiary alicyclic amines) is 1. The Morgan fingerprint density at radius 3 is 2.95 bits per heavy atom. The average molecular weight is 297 g/mol. The van der Waals surface area contributed by atoms with E-state index in [4.69, 9.17) is 5.26 Å². The standard InChI is InChI=1S/C18H23N3O/c1-13-3-2-4-15(9-13)16-7-8-21(12-16)18(22)20-17-6-5-14(10-17)11-19/h2-4,9,14,16-17H,5-8,10,12H2,1H3,(H,20,22)/t14-,16?,17+/m1/s1. The fourth-order valence-electron chi connectivity index (χ4n) is 3.64. The van der Waals surface area contributed by atoms with Crippen LogP contribution in [0.5, 0.6) is 0 Å². The highest BCUT2D eigenvalue weighted by atomic mass is 16.2. The van der Waals surface area contributed by atoms with Crippen molar-refractivity contribution in [3.05, 3.63) is 35.4 Å². The number of carbonyl (C=O) groups is 1. The summed E-state index contributed by atoms with van der Waals surface area (Å²) in [7, 11) is 0. The molecule has 2 amide bonds. The van der Waals surface area contributed by atoms with E-state index in [0.717, 1.165) is 38.8 Å². The summed E-state index contributed by atoms with van der Waals surface area (Å²) in [5.41, 5.74) is 2.61. The highest BCUT2D eigenvalue weighted by Gasteiger charge is 2.31. The number of urea groups is 1. The van der Waals surface area contributed by atoms with Gasteiger partial charge in [0, 0.05) is 31.0 Å². The Bertz CT molecular complexity index is 592. The maximum Gasteiger partial charge on any atom is 0.317 e. The van der Waals surface area contributed by atoms with E-state index in [1.807, 2.05) is 4.90 Å². The van der Waals surface area contributed by atoms with Gasteiger partial charge in [0.2, 0.25) is 0 Å². The van der Waals surface area contributed by atoms with Crippen molar-refractivity contribution >= 4 is 6.03 Å². The zero-order chi connectivity index (χ0) is 15.5. The van der Waals surface area contributed by atoms with Crippen LogP contribution in [0.1, 0.15) is 42.7 Å². The molecular formula is C18H23N3O. The predicted octanol–water partition coefficient (Wildman–Crippen LogP) is 3.19. The molecule has 0 aromatic heterocycles. The number of amides is 2. The largest absolute Gasteiger partial charge is 0.335 e. The van der Waals surface area contributed by atoms with Gasteiger partial charge in [0.1, 0.15) is 0 Å². The number of hydrogen-bond acceptors (Lipinski definition) is 2. The molecule has 1 saturated heterocycles. The Morgan fingerprint density at radius 2 is 2.23 bits per heavy atom. The van der Waals surface area contributed by atoms with Crippen LogP contribution in [-0.4, -0.2) is 30.1 Å². The van der Waals surface area contributed by atoms with Gasteiger partial charge in [-0.1, -0.05) is 29.8 Å². The first-order valence-electron chi connectivity index (χ1n) is 8.17. The lowest BCUT2D eigenvalue weighted by molar-refractivity contribution is 0.204. The van der Waals surface area contributed by atoms with Crippen LogP contribution in [0.4, 0.5) is 4.79 Å². The van der Waals surface area contributed by atoms with Crippen molar-refractivity contribution in [2.24, 2.45) is 5.92 Å². The van der Waals surface area contributed by atoms with Gasteiger partial charge in [0.25, 0.3) is 0 Å². The lowest BCUT2D eigenvalue weighted by Crippen LogP contribution is -2.42. The second kappa shape index (κ2) is 6.39. The van der Waals surface area contributed by atoms with E-state index < -0.39 is 0 Å². The van der Waals surface area contributed by atoms with Crippen LogP contribution in [0.3, 0.4) is 0 Å². The lowest BCUT2D eigenvalue weighted by atomic mass is 9.97. The second-order valence-corrected chi connectivity index (χ2v) is 6.63. The van der Waals surface area contributed by atoms with Crippen molar-refractivity contribution < 1.29 is 4.79 Å². The van der Waals surface area contributed by atoms with Gasteiger partial charge in [0.05, 0.1) is 6.07 Å². The third-order valence-corrected chi connectivity index (χ3v) is 4.93. The van der Waals surface area contributed by atoms with Gasteiger partial charge in [-0.3, -0.25) is 0 Å². The van der Waals surface area contributed by atoms with Gasteiger partial charge >= 0.3 is 6.03 Å². The summed E-state index contributed by atoms with van der Waals surface area (Å²) in [5, 5.41) is 12.0. The number of benzene rings is 1. The molecule has 0 bridgehead atoms. The van der Waals surface area contributed by atoms with E-state index in [0.29, 0.717) is 5.92 Å². The SMILES string of the molecule is Cc1cccc(C2CCN(C(=O)N[C@H]3CC[C@@H](C#N)C3)C2)c1. The zero-order valence-electron chi connectivity index (χ0n) is 13.1. The van der Waals surface area contributed by atoms with E-state index in [1.165, 1.54) is 11.1 Å². The topological polar surface area (TPSA) is 56.1 Å². The van der Waals surface area contributed by atoms with Crippen molar-refractivity contribution in [3.8, 4) is 6.07 Å². The Balaban J connectivity index is 1.54. The van der Waals surface area contributed by atoms with Crippen LogP contribution in [0.2, 0.25) is 0 Å². The molecule has 4 nitrogen and oxygen atoms in total. The Kier molecular flexibility index (Phi) is 4.33. The van der Waals surface area contributed by atoms with Crippen molar-refractivity contribution in [1.82, 2.24) is 10.2 Å². The first-order valence-corrected chi connectivity index (χ1v) is 8.17. The number of carbonyl (C=O) groups excluding carboxylic acids is 1. The highest BCUT2D eigenvalue weighted by molar-refractivity contribution is 5.75. The quantitative estimate of drug-likeness (QED) is 0.911. The molecule has 1 heterocycles. The van der Waals surface area contributed by atoms with Gasteiger partial charge in [-0.15, -0.1) is 0 Å². The summed E-state index contributed by atoms with van der Waals surface area (Å²) in [4.78, 5) is 14.3. The molecule has 1 aromatic carbocycles. The second-order valence-electron chi connectivity index (χ2n) is 6.63. The van der Waals surface area contributed by atoms with E-state index in [1.54, 1.807) is 0 Å². The Labute approximate surface area is 132 Å². The minimum Gasteiger partial charge on any atom is -0.335 e. The summed E-state index contributed by atoms with van der Waals surface area (Å²) >= 11 is 0. The average Bonchev–Trinajstić information content (AvgIpc) is 3.16. The first kappa shape index (κ1) is 14.9. The number of hydrogen-bond donors (Lipinski definition) is 1. The molecule has 0 radical (unpaired) electrons. The van der Waals surface area contributed by atoms with Gasteiger partial charge in [-0.2, -0.15) is 5.26 Å². The Morgan fingerprint density at radius 1 is 1.36 bits per heavy atom. The summed E-state index contributed by atoms with van der Waals surface area (Å²) < 4.78 is 0. The third-order valence-electron chi connectivity index (χ3n) is 4.93. The van der Waals surface area contributed by atoms with E-state index in [-0.39, 0.29) is 18.0 Å². The minimum atomic E-state index is 0.0405. The molecule has 116 valence electrons. The molecule has 1 saturated carbocycles. The molecule has 1 aliphatic carbocycles. The van der Waals surface area contributed by atoms with Gasteiger partial charge in [0.15, 0.2) is 0 Å². The lowest BCUT2D eigenvalue weighted by Gasteiger charge is -2.20. The van der Waals surface area contributed by atoms with Crippen LogP contribution in [-0.2, 0) is 0 Å². The number of nitrogens with one attached hydrogen (secondary N) is 1. The number of nitriles is 1. The summed E-state index contributed by atoms with van der Waals surface area (Å²) in [6.07, 6.45) is 3.67. The van der Waals surface area contributed by atoms with Crippen LogP contribution >= 0.6 is 0 Å². The van der Waals surface area contributed by atoms with Crippen molar-refractivity contribution in [2.45, 2.75) is 44.6 Å². The fraction of sp³-hybridized carbons (Fsp3) is 0.556. The molecule has 1 aromatic rings. The third kappa shape index (κ3) is 3.24. The zero-order valence-corrected chi connectivity index (χ0v) is 13.1. The van der Waals surface area contributed by atoms with E-state index in [9.17, 15) is 4.79 Å². The highest BCUT2D eigenvalue weighted by Crippen LogP contribution is 2.29. The molecule has 2 fully saturated rings. The Hall–Kier alpha value is -2.02. The normalized spacial score (nSPS) is 27.6. The first-order chi connectivity index (χ1) is 10.7. The molecule has 4 heteroatoms. The van der Waals surface area contributed by atoms with Crippen LogP contribution in [0, 0.1) is 24.2 Å². The number of aryl methyl sites for hydroxylation is 1. The molecular weight excluding hydrogens is 274 g/mol. The molecule has 1 unspecified atom stereocenters. The van der Waals surface area contributed by atoms with Crippen LogP contribution in [0.25, 0.3) is 0 Å². The van der Waals surface area contributed by atoms with Crippen LogP contribution in [0.15, 0.2) is 24.3 Å². The van der Waals surface area contributed by atoms with E-state index in [2.05, 4.69) is 42.6 Å². The summed E-state index contributed by atoms with van der Waals surface area (Å²) in [5.74, 6) is 0.560. The van der Waals surface area contributed by atoms with Crippen molar-refractivity contribution in [1.29, 1.82) is 5.26 Å². The molecule has 2 aliphatic rings.